The van der Waals surface area contributed by atoms with E-state index in [0.717, 1.165) is 0 Å². The lowest BCUT2D eigenvalue weighted by atomic mass is 9.87. The van der Waals surface area contributed by atoms with E-state index in [0.29, 0.717) is 0 Å². The van der Waals surface area contributed by atoms with Crippen molar-refractivity contribution in [2.24, 2.45) is 0 Å². The molecule has 10 aromatic rings. The van der Waals surface area contributed by atoms with E-state index in [4.69, 9.17) is 0 Å². The van der Waals surface area contributed by atoms with E-state index >= 15 is 0 Å². The van der Waals surface area contributed by atoms with E-state index in [1.807, 2.05) is 0 Å². The predicted molar refractivity (Wildman–Crippen MR) is 224 cm³/mol. The second kappa shape index (κ2) is 12.5. The van der Waals surface area contributed by atoms with Crippen molar-refractivity contribution in [2.75, 3.05) is 0 Å². The van der Waals surface area contributed by atoms with Crippen molar-refractivity contribution >= 4 is 43.1 Å². The van der Waals surface area contributed by atoms with Crippen molar-refractivity contribution in [1.82, 2.24) is 0 Å². The first-order chi connectivity index (χ1) is 25.8. The SMILES string of the molecule is c1ccc(-c2cccc3c(-c4ccc5c(ccc6cc(-c7ccc(-c8ccc9ccccc9c8)cc7)ccc65)c4)ccc(-c4ccccc4)c23)cc1. The third-order valence-corrected chi connectivity index (χ3v) is 10.7. The van der Waals surface area contributed by atoms with Gasteiger partial charge in [0.2, 0.25) is 0 Å². The van der Waals surface area contributed by atoms with Crippen molar-refractivity contribution in [3.8, 4) is 55.6 Å². The minimum absolute atomic E-state index is 1.22. The van der Waals surface area contributed by atoms with Crippen LogP contribution in [0, 0.1) is 0 Å². The van der Waals surface area contributed by atoms with Crippen LogP contribution in [0.1, 0.15) is 0 Å². The largest absolute Gasteiger partial charge is 0.0622 e. The summed E-state index contributed by atoms with van der Waals surface area (Å²) in [6, 6.07) is 75.5. The quantitative estimate of drug-likeness (QED) is 0.161. The van der Waals surface area contributed by atoms with Crippen LogP contribution in [0.3, 0.4) is 0 Å². The molecule has 0 aliphatic rings. The molecule has 10 aromatic carbocycles. The molecule has 0 nitrogen and oxygen atoms in total. The maximum atomic E-state index is 2.36. The van der Waals surface area contributed by atoms with Gasteiger partial charge in [0.1, 0.15) is 0 Å². The summed E-state index contributed by atoms with van der Waals surface area (Å²) in [4.78, 5) is 0. The van der Waals surface area contributed by atoms with Crippen LogP contribution < -0.4 is 0 Å². The van der Waals surface area contributed by atoms with E-state index in [1.54, 1.807) is 0 Å². The van der Waals surface area contributed by atoms with Crippen LogP contribution in [0.25, 0.3) is 98.7 Å². The Labute approximate surface area is 303 Å². The maximum absolute atomic E-state index is 2.36. The van der Waals surface area contributed by atoms with Gasteiger partial charge in [-0.1, -0.05) is 188 Å². The summed E-state index contributed by atoms with van der Waals surface area (Å²) in [6.45, 7) is 0. The van der Waals surface area contributed by atoms with Crippen molar-refractivity contribution in [2.45, 2.75) is 0 Å². The highest BCUT2D eigenvalue weighted by molar-refractivity contribution is 6.14. The van der Waals surface area contributed by atoms with Gasteiger partial charge in [0, 0.05) is 0 Å². The Balaban J connectivity index is 1.03. The molecular weight excluding hydrogens is 625 g/mol. The fourth-order valence-corrected chi connectivity index (χ4v) is 8.02. The molecule has 0 N–H and O–H groups in total. The summed E-state index contributed by atoms with van der Waals surface area (Å²) in [6.07, 6.45) is 0. The van der Waals surface area contributed by atoms with E-state index in [2.05, 4.69) is 206 Å². The summed E-state index contributed by atoms with van der Waals surface area (Å²) < 4.78 is 0. The summed E-state index contributed by atoms with van der Waals surface area (Å²) in [5, 5.41) is 10.1. The molecule has 0 unspecified atom stereocenters. The third kappa shape index (κ3) is 5.25. The molecule has 0 aliphatic heterocycles. The average Bonchev–Trinajstić information content (AvgIpc) is 3.23. The summed E-state index contributed by atoms with van der Waals surface area (Å²) in [5.74, 6) is 0. The van der Waals surface area contributed by atoms with Crippen LogP contribution in [0.15, 0.2) is 206 Å². The smallest absolute Gasteiger partial charge is 0.00206 e. The first-order valence-corrected chi connectivity index (χ1v) is 18.0. The van der Waals surface area contributed by atoms with Crippen LogP contribution in [0.4, 0.5) is 0 Å². The Morgan fingerprint density at radius 3 is 1.31 bits per heavy atom. The molecule has 0 spiro atoms. The molecule has 10 rings (SSSR count). The van der Waals surface area contributed by atoms with Gasteiger partial charge in [-0.3, -0.25) is 0 Å². The minimum atomic E-state index is 1.22. The molecule has 0 heteroatoms. The molecule has 242 valence electrons. The molecule has 0 heterocycles. The van der Waals surface area contributed by atoms with E-state index in [-0.39, 0.29) is 0 Å². The molecule has 0 radical (unpaired) electrons. The lowest BCUT2D eigenvalue weighted by Gasteiger charge is -2.17. The number of hydrogen-bond acceptors (Lipinski definition) is 0. The summed E-state index contributed by atoms with van der Waals surface area (Å²) in [5.41, 5.74) is 12.4. The second-order valence-corrected chi connectivity index (χ2v) is 13.7. The Morgan fingerprint density at radius 1 is 0.192 bits per heavy atom. The topological polar surface area (TPSA) is 0 Å². The molecular formula is C52H34. The molecule has 0 atom stereocenters. The van der Waals surface area contributed by atoms with Crippen molar-refractivity contribution in [3.63, 3.8) is 0 Å². The molecule has 0 bridgehead atoms. The van der Waals surface area contributed by atoms with Crippen LogP contribution in [-0.4, -0.2) is 0 Å². The molecule has 0 saturated heterocycles. The molecule has 0 fully saturated rings. The Kier molecular flexibility index (Phi) is 7.25. The van der Waals surface area contributed by atoms with Gasteiger partial charge in [-0.2, -0.15) is 0 Å². The van der Waals surface area contributed by atoms with Gasteiger partial charge >= 0.3 is 0 Å². The molecule has 52 heavy (non-hydrogen) atoms. The van der Waals surface area contributed by atoms with Crippen LogP contribution in [-0.2, 0) is 0 Å². The van der Waals surface area contributed by atoms with Crippen molar-refractivity contribution in [3.05, 3.63) is 206 Å². The normalized spacial score (nSPS) is 11.5. The van der Waals surface area contributed by atoms with Crippen molar-refractivity contribution in [1.29, 1.82) is 0 Å². The van der Waals surface area contributed by atoms with Crippen LogP contribution in [0.2, 0.25) is 0 Å². The monoisotopic (exact) mass is 658 g/mol. The van der Waals surface area contributed by atoms with E-state index < -0.39 is 0 Å². The number of fused-ring (bicyclic) bond motifs is 5. The van der Waals surface area contributed by atoms with Gasteiger partial charge in [-0.15, -0.1) is 0 Å². The Morgan fingerprint density at radius 2 is 0.654 bits per heavy atom. The number of rotatable bonds is 5. The predicted octanol–water partition coefficient (Wildman–Crippen LogP) is 14.6. The zero-order valence-electron chi connectivity index (χ0n) is 28.6. The van der Waals surface area contributed by atoms with Gasteiger partial charge in [0.15, 0.2) is 0 Å². The lowest BCUT2D eigenvalue weighted by Crippen LogP contribution is -1.90. The molecule has 0 aliphatic carbocycles. The molecule has 0 saturated carbocycles. The molecule has 0 aromatic heterocycles. The number of hydrogen-bond donors (Lipinski definition) is 0. The average molecular weight is 659 g/mol. The Hall–Kier alpha value is -6.76. The highest BCUT2D eigenvalue weighted by Gasteiger charge is 2.15. The Bertz CT molecular complexity index is 2870. The van der Waals surface area contributed by atoms with Crippen LogP contribution >= 0.6 is 0 Å². The van der Waals surface area contributed by atoms with Gasteiger partial charge in [-0.25, -0.2) is 0 Å². The van der Waals surface area contributed by atoms with Gasteiger partial charge < -0.3 is 0 Å². The van der Waals surface area contributed by atoms with Gasteiger partial charge in [0.05, 0.1) is 0 Å². The minimum Gasteiger partial charge on any atom is -0.0622 e. The number of benzene rings is 10. The van der Waals surface area contributed by atoms with Crippen LogP contribution in [0.5, 0.6) is 0 Å². The summed E-state index contributed by atoms with van der Waals surface area (Å²) >= 11 is 0. The van der Waals surface area contributed by atoms with Gasteiger partial charge in [-0.05, 0) is 117 Å². The zero-order valence-corrected chi connectivity index (χ0v) is 28.6. The maximum Gasteiger partial charge on any atom is -0.00206 e. The zero-order chi connectivity index (χ0) is 34.4. The van der Waals surface area contributed by atoms with Gasteiger partial charge in [0.25, 0.3) is 0 Å². The lowest BCUT2D eigenvalue weighted by molar-refractivity contribution is 1.61. The first kappa shape index (κ1) is 30.1. The molecule has 0 amide bonds. The highest BCUT2D eigenvalue weighted by atomic mass is 14.2. The van der Waals surface area contributed by atoms with E-state index in [9.17, 15) is 0 Å². The third-order valence-electron chi connectivity index (χ3n) is 10.7. The highest BCUT2D eigenvalue weighted by Crippen LogP contribution is 2.42. The fraction of sp³-hybridized carbons (Fsp3) is 0. The van der Waals surface area contributed by atoms with Crippen molar-refractivity contribution < 1.29 is 0 Å². The summed E-state index contributed by atoms with van der Waals surface area (Å²) in [7, 11) is 0. The second-order valence-electron chi connectivity index (χ2n) is 13.7. The standard InChI is InChI=1S/C52H34/c1-3-11-38(12-4-1)49-16-9-17-51-48(30-31-50(52(49)51)39-13-5-2-6-14-39)45-27-29-47-44(34-45)25-24-43-33-42(26-28-46(43)47)37-20-18-36(19-21-37)41-23-22-35-10-7-8-15-40(35)32-41/h1-34H. The fourth-order valence-electron chi connectivity index (χ4n) is 8.02. The first-order valence-electron chi connectivity index (χ1n) is 18.0. The van der Waals surface area contributed by atoms with E-state index in [1.165, 1.54) is 98.7 Å².